The van der Waals surface area contributed by atoms with Crippen LogP contribution in [0.3, 0.4) is 0 Å². The number of hydrogen-bond donors (Lipinski definition) is 1. The fourth-order valence-corrected chi connectivity index (χ4v) is 4.39. The zero-order valence-corrected chi connectivity index (χ0v) is 21.5. The Labute approximate surface area is 224 Å². The Kier molecular flexibility index (Phi) is 7.78. The molecule has 0 radical (unpaired) electrons. The van der Waals surface area contributed by atoms with Crippen LogP contribution in [0, 0.1) is 0 Å². The lowest BCUT2D eigenvalue weighted by Gasteiger charge is -2.15. The minimum Gasteiger partial charge on any atom is -0.492 e. The summed E-state index contributed by atoms with van der Waals surface area (Å²) in [5.41, 5.74) is 10.6. The van der Waals surface area contributed by atoms with E-state index in [4.69, 9.17) is 15.2 Å². The molecule has 0 unspecified atom stereocenters. The van der Waals surface area contributed by atoms with Crippen molar-refractivity contribution < 1.29 is 18.3 Å². The quantitative estimate of drug-likeness (QED) is 0.306. The Bertz CT molecular complexity index is 1490. The van der Waals surface area contributed by atoms with Crippen molar-refractivity contribution in [1.82, 2.24) is 24.3 Å². The molecule has 4 aromatic rings. The molecule has 0 aliphatic carbocycles. The lowest BCUT2D eigenvalue weighted by Crippen LogP contribution is -2.29. The number of hydrogen-bond acceptors (Lipinski definition) is 8. The Morgan fingerprint density at radius 1 is 1.13 bits per heavy atom. The van der Waals surface area contributed by atoms with Gasteiger partial charge in [0.05, 0.1) is 24.1 Å². The summed E-state index contributed by atoms with van der Waals surface area (Å²) < 4.78 is 40.3. The van der Waals surface area contributed by atoms with Crippen molar-refractivity contribution in [1.29, 1.82) is 0 Å². The molecule has 202 valence electrons. The highest BCUT2D eigenvalue weighted by atomic mass is 19.3. The molecule has 3 aromatic heterocycles. The second-order valence-electron chi connectivity index (χ2n) is 9.20. The van der Waals surface area contributed by atoms with Crippen molar-refractivity contribution in [3.63, 3.8) is 0 Å². The van der Waals surface area contributed by atoms with Crippen LogP contribution in [0.4, 0.5) is 8.78 Å². The number of pyridine rings is 1. The molecule has 1 saturated heterocycles. The highest BCUT2D eigenvalue weighted by Gasteiger charge is 2.37. The number of ether oxygens (including phenoxy) is 2. The Hall–Kier alpha value is -4.38. The zero-order chi connectivity index (χ0) is 27.2. The number of benzene rings is 1. The Morgan fingerprint density at radius 3 is 2.72 bits per heavy atom. The van der Waals surface area contributed by atoms with Crippen molar-refractivity contribution >= 4 is 17.4 Å². The first-order valence-corrected chi connectivity index (χ1v) is 12.5. The van der Waals surface area contributed by atoms with E-state index in [9.17, 15) is 8.78 Å². The van der Waals surface area contributed by atoms with Crippen LogP contribution in [0.1, 0.15) is 17.5 Å². The molecule has 11 heteroatoms. The normalized spacial score (nSPS) is 15.8. The number of imidazole rings is 1. The molecule has 0 bridgehead atoms. The molecular formula is C28H29F2N7O2. The van der Waals surface area contributed by atoms with Gasteiger partial charge in [0.1, 0.15) is 30.9 Å². The maximum atomic E-state index is 13.4. The predicted octanol–water partition coefficient (Wildman–Crippen LogP) is 4.09. The standard InChI is InChI=1S/C28H29F2N7O2/c1-32-15-22(14-31)21-4-2-20(3-5-21)17-39-27-13-24(34-19-35-27)25-16-33-26-12-23(6-8-37(25)26)38-11-10-36-9-7-28(29,30)18-36/h2-6,8,12-16,19H,7,9-11,17-18,31H2,1H3. The van der Waals surface area contributed by atoms with Crippen LogP contribution in [0.2, 0.25) is 0 Å². The Balaban J connectivity index is 1.21. The van der Waals surface area contributed by atoms with Crippen molar-refractivity contribution in [2.45, 2.75) is 19.0 Å². The van der Waals surface area contributed by atoms with E-state index < -0.39 is 5.92 Å². The van der Waals surface area contributed by atoms with E-state index in [0.717, 1.165) is 22.4 Å². The number of likely N-dealkylation sites (tertiary alicyclic amines) is 1. The molecule has 4 heterocycles. The zero-order valence-electron chi connectivity index (χ0n) is 21.5. The minimum absolute atomic E-state index is 0.0955. The van der Waals surface area contributed by atoms with Gasteiger partial charge in [-0.05, 0) is 17.2 Å². The lowest BCUT2D eigenvalue weighted by molar-refractivity contribution is 0.0113. The van der Waals surface area contributed by atoms with Crippen LogP contribution in [-0.4, -0.2) is 69.7 Å². The van der Waals surface area contributed by atoms with Gasteiger partial charge in [-0.2, -0.15) is 0 Å². The van der Waals surface area contributed by atoms with Gasteiger partial charge < -0.3 is 15.2 Å². The molecule has 2 N–H and O–H groups in total. The molecule has 0 amide bonds. The first-order chi connectivity index (χ1) is 18.9. The molecule has 1 aliphatic rings. The molecule has 39 heavy (non-hydrogen) atoms. The minimum atomic E-state index is -2.60. The first-order valence-electron chi connectivity index (χ1n) is 12.5. The van der Waals surface area contributed by atoms with Gasteiger partial charge in [0, 0.05) is 62.9 Å². The molecule has 1 fully saturated rings. The van der Waals surface area contributed by atoms with Crippen LogP contribution in [0.25, 0.3) is 22.6 Å². The molecule has 0 saturated carbocycles. The maximum Gasteiger partial charge on any atom is 0.261 e. The lowest BCUT2D eigenvalue weighted by atomic mass is 10.1. The number of nitrogens with two attached hydrogens (primary N) is 1. The predicted molar refractivity (Wildman–Crippen MR) is 145 cm³/mol. The highest BCUT2D eigenvalue weighted by Crippen LogP contribution is 2.27. The highest BCUT2D eigenvalue weighted by molar-refractivity contribution is 6.09. The number of rotatable bonds is 10. The van der Waals surface area contributed by atoms with Crippen molar-refractivity contribution in [3.8, 4) is 23.0 Å². The van der Waals surface area contributed by atoms with Gasteiger partial charge in [-0.25, -0.2) is 23.7 Å². The fraction of sp³-hybridized carbons (Fsp3) is 0.286. The van der Waals surface area contributed by atoms with Gasteiger partial charge in [0.2, 0.25) is 5.88 Å². The topological polar surface area (TPSA) is 103 Å². The van der Waals surface area contributed by atoms with Crippen LogP contribution in [0.5, 0.6) is 11.6 Å². The van der Waals surface area contributed by atoms with Crippen LogP contribution < -0.4 is 15.2 Å². The molecule has 1 aromatic carbocycles. The number of aromatic nitrogens is 4. The molecular weight excluding hydrogens is 504 g/mol. The largest absolute Gasteiger partial charge is 0.492 e. The number of nitrogens with zero attached hydrogens (tertiary/aromatic N) is 6. The number of allylic oxidation sites excluding steroid dienone is 1. The second kappa shape index (κ2) is 11.6. The van der Waals surface area contributed by atoms with E-state index in [1.165, 1.54) is 12.5 Å². The molecule has 9 nitrogen and oxygen atoms in total. The summed E-state index contributed by atoms with van der Waals surface area (Å²) in [6.45, 7) is 1.29. The van der Waals surface area contributed by atoms with E-state index in [1.807, 2.05) is 47.0 Å². The summed E-state index contributed by atoms with van der Waals surface area (Å²) in [5, 5.41) is 0. The smallest absolute Gasteiger partial charge is 0.261 e. The van der Waals surface area contributed by atoms with Crippen molar-refractivity contribution in [3.05, 3.63) is 78.5 Å². The summed E-state index contributed by atoms with van der Waals surface area (Å²) in [5.74, 6) is -1.54. The monoisotopic (exact) mass is 533 g/mol. The van der Waals surface area contributed by atoms with Gasteiger partial charge in [-0.1, -0.05) is 24.3 Å². The average Bonchev–Trinajstić information content (AvgIpc) is 3.53. The Morgan fingerprint density at radius 2 is 1.97 bits per heavy atom. The SMILES string of the molecule is CN=CC(=CN)c1ccc(COc2cc(-c3cnc4cc(OCCN5CCC(F)(F)C5)ccn34)ncn2)cc1. The van der Waals surface area contributed by atoms with Crippen molar-refractivity contribution in [2.75, 3.05) is 33.3 Å². The number of halogens is 2. The van der Waals surface area contributed by atoms with Gasteiger partial charge in [-0.15, -0.1) is 0 Å². The maximum absolute atomic E-state index is 13.4. The van der Waals surface area contributed by atoms with E-state index in [-0.39, 0.29) is 13.0 Å². The van der Waals surface area contributed by atoms with Gasteiger partial charge in [0.25, 0.3) is 5.92 Å². The number of fused-ring (bicyclic) bond motifs is 1. The first kappa shape index (κ1) is 26.2. The van der Waals surface area contributed by atoms with Crippen molar-refractivity contribution in [2.24, 2.45) is 10.7 Å². The third-order valence-corrected chi connectivity index (χ3v) is 6.44. The molecule has 0 atom stereocenters. The summed E-state index contributed by atoms with van der Waals surface area (Å²) in [7, 11) is 1.70. The number of aliphatic imine (C=N–C) groups is 1. The van der Waals surface area contributed by atoms with E-state index in [0.29, 0.717) is 49.3 Å². The van der Waals surface area contributed by atoms with E-state index in [2.05, 4.69) is 19.9 Å². The third-order valence-electron chi connectivity index (χ3n) is 6.44. The van der Waals surface area contributed by atoms with Gasteiger partial charge in [0.15, 0.2) is 0 Å². The van der Waals surface area contributed by atoms with Crippen LogP contribution in [-0.2, 0) is 6.61 Å². The average molecular weight is 534 g/mol. The summed E-state index contributed by atoms with van der Waals surface area (Å²) in [6.07, 6.45) is 8.16. The summed E-state index contributed by atoms with van der Waals surface area (Å²) in [4.78, 5) is 18.8. The second-order valence-corrected chi connectivity index (χ2v) is 9.20. The fourth-order valence-electron chi connectivity index (χ4n) is 4.39. The van der Waals surface area contributed by atoms with Crippen LogP contribution >= 0.6 is 0 Å². The number of alkyl halides is 2. The molecule has 1 aliphatic heterocycles. The van der Waals surface area contributed by atoms with Gasteiger partial charge in [-0.3, -0.25) is 14.3 Å². The van der Waals surface area contributed by atoms with Crippen LogP contribution in [0.15, 0.2) is 72.4 Å². The van der Waals surface area contributed by atoms with Gasteiger partial charge >= 0.3 is 0 Å². The summed E-state index contributed by atoms with van der Waals surface area (Å²) in [6, 6.07) is 13.3. The van der Waals surface area contributed by atoms with E-state index in [1.54, 1.807) is 30.4 Å². The third kappa shape index (κ3) is 6.37. The molecule has 0 spiro atoms. The molecule has 5 rings (SSSR count). The van der Waals surface area contributed by atoms with E-state index >= 15 is 0 Å². The summed E-state index contributed by atoms with van der Waals surface area (Å²) >= 11 is 0.